The van der Waals surface area contributed by atoms with Crippen LogP contribution in [0.25, 0.3) is 0 Å². The number of carbonyl (C=O) groups excluding carboxylic acids is 2. The van der Waals surface area contributed by atoms with Crippen molar-refractivity contribution in [3.63, 3.8) is 0 Å². The van der Waals surface area contributed by atoms with E-state index in [9.17, 15) is 9.59 Å². The van der Waals surface area contributed by atoms with E-state index in [0.29, 0.717) is 18.8 Å². The lowest BCUT2D eigenvalue weighted by atomic mass is 10.1. The first kappa shape index (κ1) is 20.3. The highest BCUT2D eigenvalue weighted by atomic mass is 79.9. The maximum Gasteiger partial charge on any atom is 0.232 e. The minimum atomic E-state index is -0.419. The molecule has 1 unspecified atom stereocenters. The number of anilines is 2. The average Bonchev–Trinajstić information content (AvgIpc) is 3.28. The molecule has 0 bridgehead atoms. The van der Waals surface area contributed by atoms with Crippen LogP contribution in [0.3, 0.4) is 0 Å². The number of aromatic nitrogens is 1. The molecule has 30 heavy (non-hydrogen) atoms. The summed E-state index contributed by atoms with van der Waals surface area (Å²) in [5.74, 6) is 0.153. The van der Waals surface area contributed by atoms with Crippen molar-refractivity contribution in [3.05, 3.63) is 76.1 Å². The van der Waals surface area contributed by atoms with Crippen LogP contribution < -0.4 is 9.80 Å². The lowest BCUT2D eigenvalue weighted by Crippen LogP contribution is -2.37. The molecule has 1 atom stereocenters. The molecular weight excluding hydrogens is 446 g/mol. The number of aryl methyl sites for hydroxylation is 2. The van der Waals surface area contributed by atoms with Crippen LogP contribution in [0, 0.1) is 19.8 Å². The topological polar surface area (TPSA) is 66.7 Å². The van der Waals surface area contributed by atoms with E-state index in [1.54, 1.807) is 9.80 Å². The first-order valence-electron chi connectivity index (χ1n) is 9.78. The van der Waals surface area contributed by atoms with Crippen molar-refractivity contribution in [2.75, 3.05) is 16.3 Å². The largest absolute Gasteiger partial charge is 0.361 e. The van der Waals surface area contributed by atoms with Crippen molar-refractivity contribution in [1.82, 2.24) is 5.16 Å². The summed E-state index contributed by atoms with van der Waals surface area (Å²) in [6.45, 7) is 4.43. The van der Waals surface area contributed by atoms with E-state index < -0.39 is 5.92 Å². The van der Waals surface area contributed by atoms with Crippen LogP contribution in [-0.4, -0.2) is 23.5 Å². The molecule has 0 spiro atoms. The van der Waals surface area contributed by atoms with Crippen LogP contribution in [0.5, 0.6) is 0 Å². The van der Waals surface area contributed by atoms with Gasteiger partial charge >= 0.3 is 0 Å². The Morgan fingerprint density at radius 2 is 1.97 bits per heavy atom. The number of carbonyl (C=O) groups is 2. The summed E-state index contributed by atoms with van der Waals surface area (Å²) in [6.07, 6.45) is 0.191. The van der Waals surface area contributed by atoms with Gasteiger partial charge in [0.2, 0.25) is 11.8 Å². The molecule has 6 nitrogen and oxygen atoms in total. The third kappa shape index (κ3) is 4.03. The highest BCUT2D eigenvalue weighted by Crippen LogP contribution is 2.30. The maximum absolute atomic E-state index is 13.6. The fourth-order valence-electron chi connectivity index (χ4n) is 3.78. The summed E-state index contributed by atoms with van der Waals surface area (Å²) in [6, 6.07) is 17.1. The van der Waals surface area contributed by atoms with E-state index >= 15 is 0 Å². The summed E-state index contributed by atoms with van der Waals surface area (Å²) in [7, 11) is 0. The van der Waals surface area contributed by atoms with Crippen LogP contribution in [0.4, 0.5) is 11.4 Å². The molecule has 0 N–H and O–H groups in total. The van der Waals surface area contributed by atoms with Crippen molar-refractivity contribution < 1.29 is 14.1 Å². The second-order valence-electron chi connectivity index (χ2n) is 7.45. The van der Waals surface area contributed by atoms with Gasteiger partial charge in [0.25, 0.3) is 0 Å². The lowest BCUT2D eigenvalue weighted by molar-refractivity contribution is -0.124. The van der Waals surface area contributed by atoms with Crippen molar-refractivity contribution in [3.8, 4) is 0 Å². The van der Waals surface area contributed by atoms with Gasteiger partial charge in [-0.3, -0.25) is 9.59 Å². The number of hydrogen-bond acceptors (Lipinski definition) is 4. The second-order valence-corrected chi connectivity index (χ2v) is 8.36. The first-order chi connectivity index (χ1) is 14.4. The quantitative estimate of drug-likeness (QED) is 0.547. The molecule has 154 valence electrons. The Kier molecular flexibility index (Phi) is 5.72. The number of rotatable bonds is 5. The molecule has 0 radical (unpaired) electrons. The third-order valence-corrected chi connectivity index (χ3v) is 5.92. The lowest BCUT2D eigenvalue weighted by Gasteiger charge is -2.26. The van der Waals surface area contributed by atoms with E-state index in [2.05, 4.69) is 21.1 Å². The normalized spacial score (nSPS) is 16.2. The summed E-state index contributed by atoms with van der Waals surface area (Å²) >= 11 is 3.45. The van der Waals surface area contributed by atoms with E-state index in [0.717, 1.165) is 27.1 Å². The molecule has 1 aromatic heterocycles. The van der Waals surface area contributed by atoms with Gasteiger partial charge < -0.3 is 14.3 Å². The smallest absolute Gasteiger partial charge is 0.232 e. The number of para-hydroxylation sites is 1. The molecule has 2 amide bonds. The predicted molar refractivity (Wildman–Crippen MR) is 118 cm³/mol. The molecule has 1 aliphatic rings. The van der Waals surface area contributed by atoms with Gasteiger partial charge in [-0.25, -0.2) is 0 Å². The molecule has 4 rings (SSSR count). The van der Waals surface area contributed by atoms with Crippen molar-refractivity contribution in [2.24, 2.45) is 5.92 Å². The molecule has 2 heterocycles. The summed E-state index contributed by atoms with van der Waals surface area (Å²) in [5.41, 5.74) is 3.23. The van der Waals surface area contributed by atoms with Gasteiger partial charge in [-0.05, 0) is 44.2 Å². The van der Waals surface area contributed by atoms with Crippen LogP contribution >= 0.6 is 15.9 Å². The highest BCUT2D eigenvalue weighted by molar-refractivity contribution is 9.10. The van der Waals surface area contributed by atoms with E-state index in [-0.39, 0.29) is 18.2 Å². The molecule has 0 saturated carbocycles. The number of hydrogen-bond donors (Lipinski definition) is 0. The second kappa shape index (κ2) is 8.44. The minimum absolute atomic E-state index is 0.0446. The Bertz CT molecular complexity index is 1060. The average molecular weight is 468 g/mol. The van der Waals surface area contributed by atoms with Crippen LogP contribution in [0.2, 0.25) is 0 Å². The van der Waals surface area contributed by atoms with Crippen LogP contribution in [-0.2, 0) is 16.1 Å². The summed E-state index contributed by atoms with van der Waals surface area (Å²) < 4.78 is 6.18. The SMILES string of the molecule is Cc1noc(C)c1CN(C(=O)C1CC(=O)N(c2cccc(Br)c2)C1)c1ccccc1. The fraction of sp³-hybridized carbons (Fsp3) is 0.261. The molecular formula is C23H22BrN3O3. The van der Waals surface area contributed by atoms with Gasteiger partial charge in [-0.15, -0.1) is 0 Å². The van der Waals surface area contributed by atoms with Gasteiger partial charge in [0.15, 0.2) is 0 Å². The molecule has 0 aliphatic carbocycles. The zero-order valence-corrected chi connectivity index (χ0v) is 18.4. The number of nitrogens with zero attached hydrogens (tertiary/aromatic N) is 3. The highest BCUT2D eigenvalue weighted by Gasteiger charge is 2.38. The van der Waals surface area contributed by atoms with E-state index in [1.807, 2.05) is 68.4 Å². The molecule has 7 heteroatoms. The Balaban J connectivity index is 1.61. The van der Waals surface area contributed by atoms with Gasteiger partial charge in [-0.2, -0.15) is 0 Å². The summed E-state index contributed by atoms with van der Waals surface area (Å²) in [4.78, 5) is 29.7. The van der Waals surface area contributed by atoms with E-state index in [1.165, 1.54) is 0 Å². The molecule has 3 aromatic rings. The Morgan fingerprint density at radius 3 is 2.63 bits per heavy atom. The number of benzene rings is 2. The van der Waals surface area contributed by atoms with Crippen LogP contribution in [0.15, 0.2) is 63.6 Å². The molecule has 1 saturated heterocycles. The van der Waals surface area contributed by atoms with Gasteiger partial charge in [-0.1, -0.05) is 45.4 Å². The van der Waals surface area contributed by atoms with E-state index in [4.69, 9.17) is 4.52 Å². The number of amides is 2. The zero-order valence-electron chi connectivity index (χ0n) is 16.8. The monoisotopic (exact) mass is 467 g/mol. The van der Waals surface area contributed by atoms with Gasteiger partial charge in [0, 0.05) is 34.4 Å². The summed E-state index contributed by atoms with van der Waals surface area (Å²) in [5, 5.41) is 4.01. The first-order valence-corrected chi connectivity index (χ1v) is 10.6. The fourth-order valence-corrected chi connectivity index (χ4v) is 4.16. The zero-order chi connectivity index (χ0) is 21.3. The predicted octanol–water partition coefficient (Wildman–Crippen LogP) is 4.64. The minimum Gasteiger partial charge on any atom is -0.361 e. The molecule has 2 aromatic carbocycles. The third-order valence-electron chi connectivity index (χ3n) is 5.43. The number of halogens is 1. The molecule has 1 fully saturated rings. The Labute approximate surface area is 183 Å². The van der Waals surface area contributed by atoms with Gasteiger partial charge in [0.1, 0.15) is 5.76 Å². The van der Waals surface area contributed by atoms with Crippen molar-refractivity contribution >= 4 is 39.1 Å². The maximum atomic E-state index is 13.6. The van der Waals surface area contributed by atoms with Gasteiger partial charge in [0.05, 0.1) is 18.2 Å². The van der Waals surface area contributed by atoms with Crippen LogP contribution in [0.1, 0.15) is 23.4 Å². The van der Waals surface area contributed by atoms with Crippen molar-refractivity contribution in [1.29, 1.82) is 0 Å². The Hall–Kier alpha value is -2.93. The molecule has 1 aliphatic heterocycles. The standard InChI is InChI=1S/C23H22BrN3O3/c1-15-21(16(2)30-25-15)14-27(19-8-4-3-5-9-19)23(29)17-11-22(28)26(13-17)20-10-6-7-18(24)12-20/h3-10,12,17H,11,13-14H2,1-2H3. The Morgan fingerprint density at radius 1 is 1.20 bits per heavy atom. The van der Waals surface area contributed by atoms with Crippen molar-refractivity contribution in [2.45, 2.75) is 26.8 Å².